The zero-order valence-electron chi connectivity index (χ0n) is 28.3. The Hall–Kier alpha value is -6.52. The summed E-state index contributed by atoms with van der Waals surface area (Å²) >= 11 is 0. The standard InChI is InChI=1S/C47H32N4/c1-47(2)37-23-10-6-17-30(37)32-21-14-22-36(43(32)47)44-34-19-7-11-24-38(34)48-46(49-44)51-39-25-12-8-18-31(39)33-27-28-41-42(45(33)51)35-20-9-13-26-40(35)50(41)29-15-4-3-5-16-29/h3-28H,1-2H3. The smallest absolute Gasteiger partial charge is 0.235 e. The summed E-state index contributed by atoms with van der Waals surface area (Å²) in [6.07, 6.45) is 0. The largest absolute Gasteiger partial charge is 0.309 e. The fraction of sp³-hybridized carbons (Fsp3) is 0.0638. The molecule has 1 aliphatic rings. The van der Waals surface area contributed by atoms with Gasteiger partial charge in [0.05, 0.1) is 33.3 Å². The van der Waals surface area contributed by atoms with Crippen molar-refractivity contribution in [3.05, 3.63) is 169 Å². The molecule has 51 heavy (non-hydrogen) atoms. The van der Waals surface area contributed by atoms with Gasteiger partial charge in [0.2, 0.25) is 5.95 Å². The Kier molecular flexibility index (Phi) is 5.70. The molecule has 0 saturated heterocycles. The molecule has 0 atom stereocenters. The van der Waals surface area contributed by atoms with Crippen molar-refractivity contribution in [1.29, 1.82) is 0 Å². The number of para-hydroxylation sites is 4. The van der Waals surface area contributed by atoms with E-state index in [4.69, 9.17) is 9.97 Å². The number of rotatable bonds is 3. The van der Waals surface area contributed by atoms with Gasteiger partial charge in [-0.3, -0.25) is 4.57 Å². The highest BCUT2D eigenvalue weighted by Gasteiger charge is 2.38. The molecule has 7 aromatic carbocycles. The van der Waals surface area contributed by atoms with Gasteiger partial charge in [0.1, 0.15) is 0 Å². The van der Waals surface area contributed by atoms with E-state index in [9.17, 15) is 0 Å². The maximum Gasteiger partial charge on any atom is 0.235 e. The molecular weight excluding hydrogens is 621 g/mol. The van der Waals surface area contributed by atoms with Gasteiger partial charge in [0.15, 0.2) is 0 Å². The molecule has 0 N–H and O–H groups in total. The Morgan fingerprint density at radius 1 is 0.451 bits per heavy atom. The van der Waals surface area contributed by atoms with E-state index in [0.717, 1.165) is 44.4 Å². The Labute approximate surface area is 294 Å². The van der Waals surface area contributed by atoms with Crippen molar-refractivity contribution in [2.24, 2.45) is 0 Å². The lowest BCUT2D eigenvalue weighted by molar-refractivity contribution is 0.662. The van der Waals surface area contributed by atoms with Gasteiger partial charge in [-0.1, -0.05) is 135 Å². The van der Waals surface area contributed by atoms with Crippen molar-refractivity contribution in [3.63, 3.8) is 0 Å². The van der Waals surface area contributed by atoms with Crippen molar-refractivity contribution >= 4 is 54.5 Å². The van der Waals surface area contributed by atoms with E-state index in [1.165, 1.54) is 49.3 Å². The number of hydrogen-bond donors (Lipinski definition) is 0. The highest BCUT2D eigenvalue weighted by molar-refractivity contribution is 6.26. The molecule has 240 valence electrons. The molecule has 0 radical (unpaired) electrons. The fourth-order valence-electron chi connectivity index (χ4n) is 8.99. The fourth-order valence-corrected chi connectivity index (χ4v) is 8.99. The van der Waals surface area contributed by atoms with Crippen LogP contribution in [-0.4, -0.2) is 19.1 Å². The predicted octanol–water partition coefficient (Wildman–Crippen LogP) is 11.8. The van der Waals surface area contributed by atoms with Crippen molar-refractivity contribution in [3.8, 4) is 34.0 Å². The molecule has 0 amide bonds. The summed E-state index contributed by atoms with van der Waals surface area (Å²) in [7, 11) is 0. The summed E-state index contributed by atoms with van der Waals surface area (Å²) in [5.74, 6) is 0.671. The second-order valence-corrected chi connectivity index (χ2v) is 14.2. The van der Waals surface area contributed by atoms with Crippen LogP contribution in [0.25, 0.3) is 88.5 Å². The molecule has 0 unspecified atom stereocenters. The number of benzene rings is 7. The minimum absolute atomic E-state index is 0.187. The highest BCUT2D eigenvalue weighted by Crippen LogP contribution is 2.52. The Morgan fingerprint density at radius 2 is 1.10 bits per heavy atom. The van der Waals surface area contributed by atoms with Crippen molar-refractivity contribution in [2.75, 3.05) is 0 Å². The molecule has 1 aliphatic carbocycles. The molecule has 0 fully saturated rings. The topological polar surface area (TPSA) is 35.6 Å². The number of hydrogen-bond acceptors (Lipinski definition) is 2. The third-order valence-corrected chi connectivity index (χ3v) is 11.1. The molecule has 4 heteroatoms. The zero-order chi connectivity index (χ0) is 33.8. The highest BCUT2D eigenvalue weighted by atomic mass is 15.2. The molecular formula is C47H32N4. The zero-order valence-corrected chi connectivity index (χ0v) is 28.3. The van der Waals surface area contributed by atoms with E-state index in [-0.39, 0.29) is 5.41 Å². The summed E-state index contributed by atoms with van der Waals surface area (Å²) in [4.78, 5) is 11.0. The van der Waals surface area contributed by atoms with E-state index in [0.29, 0.717) is 5.95 Å². The summed E-state index contributed by atoms with van der Waals surface area (Å²) in [6, 6.07) is 56.6. The number of nitrogens with zero attached hydrogens (tertiary/aromatic N) is 4. The van der Waals surface area contributed by atoms with Gasteiger partial charge in [0, 0.05) is 43.6 Å². The molecule has 3 heterocycles. The normalized spacial score (nSPS) is 13.5. The van der Waals surface area contributed by atoms with Gasteiger partial charge >= 0.3 is 0 Å². The van der Waals surface area contributed by atoms with Crippen LogP contribution in [0, 0.1) is 0 Å². The number of fused-ring (bicyclic) bond motifs is 11. The molecule has 10 aromatic rings. The SMILES string of the molecule is CC1(C)c2ccccc2-c2cccc(-c3nc(-n4c5ccccc5c5ccc6c(c7ccccc7n6-c6ccccc6)c54)nc4ccccc34)c21. The molecule has 3 aromatic heterocycles. The van der Waals surface area contributed by atoms with Gasteiger partial charge < -0.3 is 4.57 Å². The lowest BCUT2D eigenvalue weighted by atomic mass is 9.79. The summed E-state index contributed by atoms with van der Waals surface area (Å²) in [6.45, 7) is 4.69. The third-order valence-electron chi connectivity index (χ3n) is 11.1. The summed E-state index contributed by atoms with van der Waals surface area (Å²) in [5, 5.41) is 5.81. The van der Waals surface area contributed by atoms with Crippen molar-refractivity contribution in [2.45, 2.75) is 19.3 Å². The van der Waals surface area contributed by atoms with Crippen LogP contribution in [0.2, 0.25) is 0 Å². The average molecular weight is 653 g/mol. The lowest BCUT2D eigenvalue weighted by Crippen LogP contribution is -2.16. The first-order valence-corrected chi connectivity index (χ1v) is 17.6. The minimum Gasteiger partial charge on any atom is -0.309 e. The van der Waals surface area contributed by atoms with Gasteiger partial charge in [-0.2, -0.15) is 0 Å². The van der Waals surface area contributed by atoms with Gasteiger partial charge in [-0.05, 0) is 58.7 Å². The van der Waals surface area contributed by atoms with Crippen LogP contribution in [-0.2, 0) is 5.41 Å². The molecule has 0 spiro atoms. The van der Waals surface area contributed by atoms with Gasteiger partial charge in [0.25, 0.3) is 0 Å². The van der Waals surface area contributed by atoms with Crippen LogP contribution >= 0.6 is 0 Å². The molecule has 11 rings (SSSR count). The molecule has 4 nitrogen and oxygen atoms in total. The van der Waals surface area contributed by atoms with Crippen molar-refractivity contribution in [1.82, 2.24) is 19.1 Å². The Bertz CT molecular complexity index is 3050. The van der Waals surface area contributed by atoms with Gasteiger partial charge in [-0.15, -0.1) is 0 Å². The number of aromatic nitrogens is 4. The Balaban J connectivity index is 1.28. The second-order valence-electron chi connectivity index (χ2n) is 14.2. The predicted molar refractivity (Wildman–Crippen MR) is 211 cm³/mol. The van der Waals surface area contributed by atoms with Crippen LogP contribution < -0.4 is 0 Å². The quantitative estimate of drug-likeness (QED) is 0.190. The maximum atomic E-state index is 5.62. The first kappa shape index (κ1) is 28.3. The first-order chi connectivity index (χ1) is 25.1. The second kappa shape index (κ2) is 10.3. The van der Waals surface area contributed by atoms with Crippen LogP contribution in [0.5, 0.6) is 0 Å². The van der Waals surface area contributed by atoms with E-state index in [1.54, 1.807) is 0 Å². The third kappa shape index (κ3) is 3.79. The van der Waals surface area contributed by atoms with Crippen LogP contribution in [0.3, 0.4) is 0 Å². The first-order valence-electron chi connectivity index (χ1n) is 17.6. The van der Waals surface area contributed by atoms with Crippen LogP contribution in [0.1, 0.15) is 25.0 Å². The van der Waals surface area contributed by atoms with E-state index < -0.39 is 0 Å². The van der Waals surface area contributed by atoms with Crippen LogP contribution in [0.4, 0.5) is 0 Å². The summed E-state index contributed by atoms with van der Waals surface area (Å²) in [5.41, 5.74) is 13.8. The van der Waals surface area contributed by atoms with Crippen LogP contribution in [0.15, 0.2) is 158 Å². The van der Waals surface area contributed by atoms with Gasteiger partial charge in [-0.25, -0.2) is 9.97 Å². The molecule has 0 saturated carbocycles. The lowest BCUT2D eigenvalue weighted by Gasteiger charge is -2.24. The monoisotopic (exact) mass is 652 g/mol. The molecule has 0 bridgehead atoms. The van der Waals surface area contributed by atoms with E-state index in [1.807, 2.05) is 0 Å². The molecule has 0 aliphatic heterocycles. The Morgan fingerprint density at radius 3 is 1.94 bits per heavy atom. The van der Waals surface area contributed by atoms with Crippen molar-refractivity contribution < 1.29 is 0 Å². The minimum atomic E-state index is -0.187. The summed E-state index contributed by atoms with van der Waals surface area (Å²) < 4.78 is 4.69. The van der Waals surface area contributed by atoms with E-state index >= 15 is 0 Å². The van der Waals surface area contributed by atoms with E-state index in [2.05, 4.69) is 181 Å². The average Bonchev–Trinajstić information content (AvgIpc) is 3.78. The maximum absolute atomic E-state index is 5.62.